The number of aliphatic hydroxyl groups excluding tert-OH is 1. The van der Waals surface area contributed by atoms with Crippen molar-refractivity contribution in [1.29, 1.82) is 0 Å². The molecule has 3 aliphatic rings. The van der Waals surface area contributed by atoms with Gasteiger partial charge in [0.2, 0.25) is 11.6 Å². The van der Waals surface area contributed by atoms with Gasteiger partial charge in [0.05, 0.1) is 18.8 Å². The molecule has 9 heteroatoms. The highest BCUT2D eigenvalue weighted by atomic mass is 16.5. The van der Waals surface area contributed by atoms with Crippen LogP contribution < -0.4 is 11.5 Å². The zero-order valence-corrected chi connectivity index (χ0v) is 15.0. The first-order valence-corrected chi connectivity index (χ1v) is 8.76. The molecule has 0 bridgehead atoms. The number of methoxy groups -OCH3 is 1. The maximum Gasteiger partial charge on any atom is 0.255 e. The van der Waals surface area contributed by atoms with Gasteiger partial charge in [-0.15, -0.1) is 0 Å². The minimum atomic E-state index is -2.59. The monoisotopic (exact) mass is 385 g/mol. The molecule has 4 atom stereocenters. The second-order valence-electron chi connectivity index (χ2n) is 7.26. The number of rotatable bonds is 2. The number of carbonyl (C=O) groups excluding carboxylic acids is 3. The van der Waals surface area contributed by atoms with Gasteiger partial charge in [0, 0.05) is 23.3 Å². The molecular weight excluding hydrogens is 366 g/mol. The summed E-state index contributed by atoms with van der Waals surface area (Å²) in [5.74, 6) is -5.23. The van der Waals surface area contributed by atoms with E-state index < -0.39 is 46.5 Å². The van der Waals surface area contributed by atoms with Crippen molar-refractivity contribution in [3.05, 3.63) is 46.5 Å². The summed E-state index contributed by atoms with van der Waals surface area (Å²) < 4.78 is 5.13. The fraction of sp³-hybridized carbons (Fsp3) is 0.368. The van der Waals surface area contributed by atoms with E-state index in [0.717, 1.165) is 0 Å². The number of carbonyl (C=O) groups is 3. The molecule has 0 saturated heterocycles. The van der Waals surface area contributed by atoms with Crippen molar-refractivity contribution in [2.75, 3.05) is 7.11 Å². The lowest BCUT2D eigenvalue weighted by Gasteiger charge is -2.48. The molecular formula is C19H19N3O6. The number of nitrogens with two attached hydrogens (primary N) is 2. The zero-order chi connectivity index (χ0) is 20.4. The molecule has 146 valence electrons. The Labute approximate surface area is 159 Å². The zero-order valence-electron chi connectivity index (χ0n) is 15.0. The van der Waals surface area contributed by atoms with Crippen molar-refractivity contribution in [3.8, 4) is 0 Å². The number of hydrogen-bond donors (Lipinski definition) is 4. The molecule has 0 spiro atoms. The topological polar surface area (TPSA) is 166 Å². The predicted octanol–water partition coefficient (Wildman–Crippen LogP) is -0.861. The van der Waals surface area contributed by atoms with E-state index in [2.05, 4.69) is 4.98 Å². The predicted molar refractivity (Wildman–Crippen MR) is 95.3 cm³/mol. The molecule has 3 aliphatic carbocycles. The van der Waals surface area contributed by atoms with E-state index in [4.69, 9.17) is 16.2 Å². The molecule has 4 rings (SSSR count). The highest BCUT2D eigenvalue weighted by Crippen LogP contribution is 2.49. The van der Waals surface area contributed by atoms with Gasteiger partial charge in [0.15, 0.2) is 5.60 Å². The average Bonchev–Trinajstić information content (AvgIpc) is 2.66. The molecule has 0 aliphatic heterocycles. The van der Waals surface area contributed by atoms with Gasteiger partial charge >= 0.3 is 0 Å². The molecule has 1 amide bonds. The van der Waals surface area contributed by atoms with Crippen molar-refractivity contribution in [2.45, 2.75) is 24.5 Å². The molecule has 28 heavy (non-hydrogen) atoms. The molecule has 1 heterocycles. The largest absolute Gasteiger partial charge is 0.507 e. The fourth-order valence-electron chi connectivity index (χ4n) is 4.64. The van der Waals surface area contributed by atoms with Crippen molar-refractivity contribution in [1.82, 2.24) is 4.98 Å². The van der Waals surface area contributed by atoms with Gasteiger partial charge in [0.25, 0.3) is 5.91 Å². The highest BCUT2D eigenvalue weighted by molar-refractivity contribution is 6.32. The lowest BCUT2D eigenvalue weighted by molar-refractivity contribution is -0.159. The van der Waals surface area contributed by atoms with Gasteiger partial charge in [-0.3, -0.25) is 19.4 Å². The Morgan fingerprint density at radius 3 is 2.71 bits per heavy atom. The van der Waals surface area contributed by atoms with Gasteiger partial charge in [0.1, 0.15) is 17.1 Å². The number of amides is 1. The number of ketones is 2. The number of aromatic nitrogens is 1. The Bertz CT molecular complexity index is 997. The number of nitrogens with zero attached hydrogens (tertiary/aromatic N) is 1. The Hall–Kier alpha value is -3.04. The summed E-state index contributed by atoms with van der Waals surface area (Å²) in [6, 6.07) is 2.13. The first-order valence-electron chi connectivity index (χ1n) is 8.76. The van der Waals surface area contributed by atoms with Crippen LogP contribution in [0.2, 0.25) is 0 Å². The molecule has 0 unspecified atom stereocenters. The van der Waals surface area contributed by atoms with Gasteiger partial charge in [-0.25, -0.2) is 0 Å². The summed E-state index contributed by atoms with van der Waals surface area (Å²) in [6.45, 7) is 0. The summed E-state index contributed by atoms with van der Waals surface area (Å²) in [4.78, 5) is 42.3. The summed E-state index contributed by atoms with van der Waals surface area (Å²) in [5, 5.41) is 21.9. The van der Waals surface area contributed by atoms with Crippen LogP contribution in [0.1, 0.15) is 17.7 Å². The van der Waals surface area contributed by atoms with Gasteiger partial charge in [-0.05, 0) is 30.9 Å². The SMILES string of the molecule is COC1=C(C(N)=O)C(=O)[C@@]2(O)C(=O)C3=C(O)c4cccnc4C[C@H]3C[C@H]2[C@@H]1N. The lowest BCUT2D eigenvalue weighted by atomic mass is 9.57. The van der Waals surface area contributed by atoms with Crippen LogP contribution in [0.15, 0.2) is 35.2 Å². The van der Waals surface area contributed by atoms with Crippen molar-refractivity contribution in [3.63, 3.8) is 0 Å². The summed E-state index contributed by atoms with van der Waals surface area (Å²) in [7, 11) is 1.23. The smallest absolute Gasteiger partial charge is 0.255 e. The number of aliphatic hydroxyl groups is 2. The number of pyridine rings is 1. The van der Waals surface area contributed by atoms with Crippen LogP contribution in [0.4, 0.5) is 0 Å². The lowest BCUT2D eigenvalue weighted by Crippen LogP contribution is -2.66. The molecule has 1 aromatic rings. The Kier molecular flexibility index (Phi) is 3.91. The summed E-state index contributed by atoms with van der Waals surface area (Å²) >= 11 is 0. The van der Waals surface area contributed by atoms with Crippen LogP contribution in [-0.2, 0) is 25.5 Å². The van der Waals surface area contributed by atoms with Crippen LogP contribution in [0.25, 0.3) is 5.76 Å². The van der Waals surface area contributed by atoms with E-state index in [9.17, 15) is 24.6 Å². The van der Waals surface area contributed by atoms with Crippen LogP contribution in [0.3, 0.4) is 0 Å². The average molecular weight is 385 g/mol. The van der Waals surface area contributed by atoms with Gasteiger partial charge < -0.3 is 26.4 Å². The van der Waals surface area contributed by atoms with E-state index in [1.54, 1.807) is 18.3 Å². The summed E-state index contributed by atoms with van der Waals surface area (Å²) in [6.07, 6.45) is 2.06. The van der Waals surface area contributed by atoms with Crippen molar-refractivity contribution >= 4 is 23.2 Å². The second kappa shape index (κ2) is 5.98. The molecule has 1 fully saturated rings. The molecule has 1 aromatic heterocycles. The van der Waals surface area contributed by atoms with Crippen LogP contribution in [0, 0.1) is 11.8 Å². The third kappa shape index (κ3) is 2.14. The quantitative estimate of drug-likeness (QED) is 0.377. The van der Waals surface area contributed by atoms with Crippen LogP contribution in [-0.4, -0.2) is 51.4 Å². The van der Waals surface area contributed by atoms with Crippen LogP contribution in [0.5, 0.6) is 0 Å². The number of primary amides is 1. The molecule has 9 nitrogen and oxygen atoms in total. The molecule has 1 saturated carbocycles. The standard InChI is InChI=1S/C19H19N3O6/c1-28-15-12(18(21)26)17(25)19(27)9(13(15)20)5-7-6-10-8(3-2-4-22-10)14(23)11(7)16(19)24/h2-4,7,9,13,23,27H,5-6,20H2,1H3,(H2,21,26)/t7-,9+,13+,19+/m1/s1. The molecule has 0 aromatic carbocycles. The number of fused-ring (bicyclic) bond motifs is 3. The Morgan fingerprint density at radius 2 is 2.07 bits per heavy atom. The van der Waals surface area contributed by atoms with Crippen molar-refractivity contribution in [2.24, 2.45) is 23.3 Å². The Balaban J connectivity index is 1.92. The van der Waals surface area contributed by atoms with Crippen LogP contribution >= 0.6 is 0 Å². The first-order chi connectivity index (χ1) is 13.2. The van der Waals surface area contributed by atoms with E-state index in [1.165, 1.54) is 7.11 Å². The fourth-order valence-corrected chi connectivity index (χ4v) is 4.64. The number of ether oxygens (including phenoxy) is 1. The third-order valence-electron chi connectivity index (χ3n) is 5.94. The Morgan fingerprint density at radius 1 is 1.36 bits per heavy atom. The number of Topliss-reactive ketones (excluding diaryl/α,β-unsaturated/α-hetero) is 2. The van der Waals surface area contributed by atoms with Crippen molar-refractivity contribution < 1.29 is 29.3 Å². The van der Waals surface area contributed by atoms with E-state index >= 15 is 0 Å². The minimum Gasteiger partial charge on any atom is -0.507 e. The van der Waals surface area contributed by atoms with E-state index in [-0.39, 0.29) is 23.5 Å². The third-order valence-corrected chi connectivity index (χ3v) is 5.94. The molecule has 6 N–H and O–H groups in total. The van der Waals surface area contributed by atoms with Gasteiger partial charge in [-0.2, -0.15) is 0 Å². The number of hydrogen-bond acceptors (Lipinski definition) is 8. The maximum atomic E-state index is 13.3. The highest BCUT2D eigenvalue weighted by Gasteiger charge is 2.64. The van der Waals surface area contributed by atoms with Gasteiger partial charge in [-0.1, -0.05) is 0 Å². The first kappa shape index (κ1) is 18.3. The normalized spacial score (nSPS) is 31.9. The summed E-state index contributed by atoms with van der Waals surface area (Å²) in [5.41, 5.74) is 9.19. The maximum absolute atomic E-state index is 13.3. The van der Waals surface area contributed by atoms with E-state index in [0.29, 0.717) is 17.7 Å². The van der Waals surface area contributed by atoms with E-state index in [1.807, 2.05) is 0 Å². The molecule has 0 radical (unpaired) electrons. The second-order valence-corrected chi connectivity index (χ2v) is 7.26. The minimum absolute atomic E-state index is 0.0514.